The highest BCUT2D eigenvalue weighted by atomic mass is 35.5. The lowest BCUT2D eigenvalue weighted by Crippen LogP contribution is -2.32. The van der Waals surface area contributed by atoms with Gasteiger partial charge in [-0.15, -0.1) is 0 Å². The van der Waals surface area contributed by atoms with E-state index in [-0.39, 0.29) is 12.1 Å². The number of ether oxygens (including phenoxy) is 1. The number of hydrogen-bond donors (Lipinski definition) is 1. The third kappa shape index (κ3) is 3.08. The van der Waals surface area contributed by atoms with Crippen LogP contribution >= 0.6 is 23.2 Å². The molecule has 0 unspecified atom stereocenters. The molecule has 5 nitrogen and oxygen atoms in total. The van der Waals surface area contributed by atoms with Crippen molar-refractivity contribution >= 4 is 34.8 Å². The lowest BCUT2D eigenvalue weighted by Gasteiger charge is -2.39. The zero-order valence-electron chi connectivity index (χ0n) is 17.1. The van der Waals surface area contributed by atoms with Crippen molar-refractivity contribution in [3.05, 3.63) is 111 Å². The Hall–Kier alpha value is -3.28. The van der Waals surface area contributed by atoms with Gasteiger partial charge in [0.05, 0.1) is 5.70 Å². The molecule has 2 atom stereocenters. The summed E-state index contributed by atoms with van der Waals surface area (Å²) in [6.45, 7) is 2.08. The van der Waals surface area contributed by atoms with Crippen LogP contribution in [0.5, 0.6) is 5.75 Å². The second kappa shape index (κ2) is 7.40. The van der Waals surface area contributed by atoms with Crippen molar-refractivity contribution in [1.29, 1.82) is 0 Å². The molecule has 0 radical (unpaired) electrons. The molecule has 2 aliphatic heterocycles. The molecule has 1 N–H and O–H groups in total. The molecule has 3 aromatic carbocycles. The predicted molar refractivity (Wildman–Crippen MR) is 126 cm³/mol. The third-order valence-corrected chi connectivity index (χ3v) is 6.43. The van der Waals surface area contributed by atoms with Crippen molar-refractivity contribution < 1.29 is 4.74 Å². The van der Waals surface area contributed by atoms with E-state index in [2.05, 4.69) is 46.6 Å². The summed E-state index contributed by atoms with van der Waals surface area (Å²) < 4.78 is 8.50. The highest BCUT2D eigenvalue weighted by molar-refractivity contribution is 6.31. The Balaban J connectivity index is 1.63. The van der Waals surface area contributed by atoms with Gasteiger partial charge in [0.15, 0.2) is 0 Å². The second-order valence-corrected chi connectivity index (χ2v) is 8.86. The smallest absolute Gasteiger partial charge is 0.226 e. The molecule has 0 fully saturated rings. The van der Waals surface area contributed by atoms with E-state index < -0.39 is 0 Å². The summed E-state index contributed by atoms with van der Waals surface area (Å²) in [5, 5.41) is 9.36. The van der Waals surface area contributed by atoms with E-state index in [4.69, 9.17) is 27.9 Å². The molecule has 0 aliphatic carbocycles. The van der Waals surface area contributed by atoms with E-state index in [1.807, 2.05) is 47.1 Å². The van der Waals surface area contributed by atoms with Gasteiger partial charge >= 0.3 is 0 Å². The van der Waals surface area contributed by atoms with Crippen molar-refractivity contribution in [3.63, 3.8) is 0 Å². The lowest BCUT2D eigenvalue weighted by molar-refractivity contribution is 0.223. The van der Waals surface area contributed by atoms with Gasteiger partial charge in [0, 0.05) is 21.2 Å². The van der Waals surface area contributed by atoms with Crippen LogP contribution in [0.25, 0.3) is 5.70 Å². The van der Waals surface area contributed by atoms with Crippen LogP contribution < -0.4 is 10.1 Å². The minimum absolute atomic E-state index is 0.197. The Morgan fingerprint density at radius 2 is 1.62 bits per heavy atom. The number of nitrogens with one attached hydrogen (secondary N) is 1. The van der Waals surface area contributed by atoms with Gasteiger partial charge in [0.25, 0.3) is 0 Å². The van der Waals surface area contributed by atoms with Crippen molar-refractivity contribution in [1.82, 2.24) is 14.8 Å². The van der Waals surface area contributed by atoms with Crippen LogP contribution in [-0.4, -0.2) is 14.8 Å². The van der Waals surface area contributed by atoms with Crippen molar-refractivity contribution in [2.24, 2.45) is 0 Å². The first-order chi connectivity index (χ1) is 15.6. The number of benzene rings is 3. The van der Waals surface area contributed by atoms with Crippen LogP contribution in [0, 0.1) is 6.92 Å². The van der Waals surface area contributed by atoms with Crippen LogP contribution in [-0.2, 0) is 0 Å². The standard InChI is InChI=1S/C25H18Cl2N4O/c1-14-2-4-15(5-3-14)23-21-22(30-25-28-13-29-31(23)25)19-12-18(27)10-11-20(19)32-24(21)16-6-8-17(26)9-7-16/h2-13,23-24H,1H3,(H,28,29,30)/t23-,24+/m1/s1. The van der Waals surface area contributed by atoms with Crippen molar-refractivity contribution in [2.75, 3.05) is 5.32 Å². The Labute approximate surface area is 195 Å². The van der Waals surface area contributed by atoms with Crippen molar-refractivity contribution in [3.8, 4) is 5.75 Å². The highest BCUT2D eigenvalue weighted by Crippen LogP contribution is 2.51. The summed E-state index contributed by atoms with van der Waals surface area (Å²) in [5.74, 6) is 1.44. The molecule has 0 saturated heterocycles. The maximum absolute atomic E-state index is 6.59. The van der Waals surface area contributed by atoms with Gasteiger partial charge in [0.2, 0.25) is 5.95 Å². The Morgan fingerprint density at radius 1 is 0.906 bits per heavy atom. The fourth-order valence-electron chi connectivity index (χ4n) is 4.42. The maximum Gasteiger partial charge on any atom is 0.226 e. The highest BCUT2D eigenvalue weighted by Gasteiger charge is 2.40. The number of fused-ring (bicyclic) bond motifs is 3. The molecule has 32 heavy (non-hydrogen) atoms. The first kappa shape index (κ1) is 19.4. The zero-order valence-corrected chi connectivity index (χ0v) is 18.6. The summed E-state index contributed by atoms with van der Waals surface area (Å²) in [6.07, 6.45) is 1.23. The van der Waals surface area contributed by atoms with Crippen molar-refractivity contribution in [2.45, 2.75) is 19.1 Å². The van der Waals surface area contributed by atoms with Crippen LogP contribution in [0.1, 0.15) is 34.4 Å². The van der Waals surface area contributed by atoms with E-state index in [9.17, 15) is 0 Å². The predicted octanol–water partition coefficient (Wildman–Crippen LogP) is 6.45. The van der Waals surface area contributed by atoms with Crippen LogP contribution in [0.4, 0.5) is 5.95 Å². The average molecular weight is 461 g/mol. The van der Waals surface area contributed by atoms with E-state index in [0.29, 0.717) is 16.0 Å². The SMILES string of the molecule is Cc1ccc([C@@H]2C3=C(Nc4ncnn42)c2cc(Cl)ccc2O[C@H]3c2ccc(Cl)cc2)cc1. The fourth-order valence-corrected chi connectivity index (χ4v) is 4.72. The molecule has 6 rings (SSSR count). The second-order valence-electron chi connectivity index (χ2n) is 7.99. The summed E-state index contributed by atoms with van der Waals surface area (Å²) >= 11 is 12.6. The summed E-state index contributed by atoms with van der Waals surface area (Å²) in [4.78, 5) is 4.46. The topological polar surface area (TPSA) is 52.0 Å². The van der Waals surface area contributed by atoms with E-state index in [0.717, 1.165) is 33.7 Å². The van der Waals surface area contributed by atoms with Gasteiger partial charge in [0.1, 0.15) is 24.2 Å². The number of aromatic nitrogens is 3. The molecule has 2 aliphatic rings. The van der Waals surface area contributed by atoms with E-state index in [1.165, 1.54) is 5.56 Å². The fraction of sp³-hybridized carbons (Fsp3) is 0.120. The number of anilines is 1. The average Bonchev–Trinajstić information content (AvgIpc) is 3.27. The first-order valence-corrected chi connectivity index (χ1v) is 11.0. The van der Waals surface area contributed by atoms with E-state index in [1.54, 1.807) is 6.33 Å². The van der Waals surface area contributed by atoms with Gasteiger partial charge in [-0.2, -0.15) is 10.1 Å². The molecule has 7 heteroatoms. The molecule has 0 spiro atoms. The van der Waals surface area contributed by atoms with Crippen LogP contribution in [0.3, 0.4) is 0 Å². The molecule has 4 aromatic rings. The molecule has 0 saturated carbocycles. The minimum atomic E-state index is -0.341. The quantitative estimate of drug-likeness (QED) is 0.373. The van der Waals surface area contributed by atoms with Gasteiger partial charge in [-0.1, -0.05) is 65.2 Å². The Morgan fingerprint density at radius 3 is 2.41 bits per heavy atom. The molecule has 1 aromatic heterocycles. The number of nitrogens with zero attached hydrogens (tertiary/aromatic N) is 3. The normalized spacial score (nSPS) is 18.8. The third-order valence-electron chi connectivity index (χ3n) is 5.94. The number of hydrogen-bond acceptors (Lipinski definition) is 4. The summed E-state index contributed by atoms with van der Waals surface area (Å²) in [6, 6.07) is 21.7. The summed E-state index contributed by atoms with van der Waals surface area (Å²) in [7, 11) is 0. The zero-order chi connectivity index (χ0) is 21.8. The minimum Gasteiger partial charge on any atom is -0.480 e. The first-order valence-electron chi connectivity index (χ1n) is 10.3. The largest absolute Gasteiger partial charge is 0.480 e. The number of rotatable bonds is 2. The number of aryl methyl sites for hydroxylation is 1. The molecule has 0 amide bonds. The van der Waals surface area contributed by atoms with Gasteiger partial charge < -0.3 is 10.1 Å². The molecule has 3 heterocycles. The van der Waals surface area contributed by atoms with Crippen LogP contribution in [0.2, 0.25) is 10.0 Å². The molecule has 158 valence electrons. The lowest BCUT2D eigenvalue weighted by atomic mass is 9.84. The Bertz CT molecular complexity index is 1360. The molecular formula is C25H18Cl2N4O. The maximum atomic E-state index is 6.59. The summed E-state index contributed by atoms with van der Waals surface area (Å²) in [5.41, 5.74) is 6.20. The van der Waals surface area contributed by atoms with Crippen LogP contribution in [0.15, 0.2) is 78.6 Å². The van der Waals surface area contributed by atoms with Gasteiger partial charge in [-0.25, -0.2) is 4.68 Å². The molecule has 0 bridgehead atoms. The Kier molecular flexibility index (Phi) is 4.49. The number of halogens is 2. The molecular weight excluding hydrogens is 443 g/mol. The van der Waals surface area contributed by atoms with E-state index >= 15 is 0 Å². The monoisotopic (exact) mass is 460 g/mol. The van der Waals surface area contributed by atoms with Gasteiger partial charge in [-0.05, 0) is 48.4 Å². The van der Waals surface area contributed by atoms with Gasteiger partial charge in [-0.3, -0.25) is 0 Å².